The fraction of sp³-hybridized carbons (Fsp3) is 0.316. The Hall–Kier alpha value is -4.63. The molecule has 0 aromatic heterocycles. The number of unbranched alkanes of at least 4 members (excludes halogenated alkanes) is 1. The van der Waals surface area contributed by atoms with E-state index in [4.69, 9.17) is 4.74 Å². The van der Waals surface area contributed by atoms with E-state index in [2.05, 4.69) is 5.32 Å². The second kappa shape index (κ2) is 16.3. The predicted octanol–water partition coefficient (Wildman–Crippen LogP) is 6.37. The number of amides is 2. The van der Waals surface area contributed by atoms with Gasteiger partial charge in [-0.1, -0.05) is 97.3 Å². The molecule has 0 aliphatic heterocycles. The van der Waals surface area contributed by atoms with Gasteiger partial charge in [-0.15, -0.1) is 0 Å². The van der Waals surface area contributed by atoms with Crippen molar-refractivity contribution in [2.75, 3.05) is 24.5 Å². The molecule has 0 saturated carbocycles. The molecule has 0 aliphatic carbocycles. The average molecular weight is 656 g/mol. The predicted molar refractivity (Wildman–Crippen MR) is 187 cm³/mol. The van der Waals surface area contributed by atoms with Crippen LogP contribution in [0.2, 0.25) is 0 Å². The van der Waals surface area contributed by atoms with Crippen LogP contribution in [-0.2, 0) is 32.6 Å². The number of rotatable bonds is 15. The van der Waals surface area contributed by atoms with E-state index in [-0.39, 0.29) is 29.5 Å². The minimum Gasteiger partial charge on any atom is -0.495 e. The van der Waals surface area contributed by atoms with E-state index in [0.29, 0.717) is 12.3 Å². The number of aryl methyl sites for hydroxylation is 3. The van der Waals surface area contributed by atoms with E-state index in [0.717, 1.165) is 45.0 Å². The van der Waals surface area contributed by atoms with Crippen molar-refractivity contribution < 1.29 is 22.7 Å². The maximum absolute atomic E-state index is 14.7. The zero-order valence-electron chi connectivity index (χ0n) is 27.9. The molecular weight excluding hydrogens is 611 g/mol. The summed E-state index contributed by atoms with van der Waals surface area (Å²) in [6, 6.07) is 28.1. The number of nitrogens with zero attached hydrogens (tertiary/aromatic N) is 2. The summed E-state index contributed by atoms with van der Waals surface area (Å²) < 4.78 is 35.4. The average Bonchev–Trinajstić information content (AvgIpc) is 3.06. The van der Waals surface area contributed by atoms with Gasteiger partial charge in [0.1, 0.15) is 18.3 Å². The summed E-state index contributed by atoms with van der Waals surface area (Å²) >= 11 is 0. The van der Waals surface area contributed by atoms with Gasteiger partial charge in [-0.3, -0.25) is 13.9 Å². The zero-order valence-corrected chi connectivity index (χ0v) is 28.7. The van der Waals surface area contributed by atoms with Gasteiger partial charge in [0.15, 0.2) is 0 Å². The Kier molecular flexibility index (Phi) is 12.2. The van der Waals surface area contributed by atoms with Crippen LogP contribution in [0.3, 0.4) is 0 Å². The van der Waals surface area contributed by atoms with Crippen LogP contribution in [0.25, 0.3) is 0 Å². The van der Waals surface area contributed by atoms with Crippen LogP contribution in [0.4, 0.5) is 5.69 Å². The normalized spacial score (nSPS) is 11.9. The number of hydrogen-bond acceptors (Lipinski definition) is 5. The molecule has 0 aliphatic rings. The molecule has 2 amide bonds. The van der Waals surface area contributed by atoms with Crippen LogP contribution in [0.5, 0.6) is 5.75 Å². The molecule has 0 bridgehead atoms. The third-order valence-corrected chi connectivity index (χ3v) is 9.84. The molecule has 9 heteroatoms. The molecule has 1 N–H and O–H groups in total. The summed E-state index contributed by atoms with van der Waals surface area (Å²) in [7, 11) is -2.78. The van der Waals surface area contributed by atoms with E-state index in [9.17, 15) is 18.0 Å². The summed E-state index contributed by atoms with van der Waals surface area (Å²) in [5.74, 6) is -0.498. The molecule has 4 aromatic rings. The van der Waals surface area contributed by atoms with Crippen molar-refractivity contribution >= 4 is 27.5 Å². The summed E-state index contributed by atoms with van der Waals surface area (Å²) in [6.45, 7) is 7.79. The lowest BCUT2D eigenvalue weighted by Gasteiger charge is -2.34. The molecule has 248 valence electrons. The number of hydrogen-bond donors (Lipinski definition) is 1. The number of anilines is 1. The van der Waals surface area contributed by atoms with Crippen molar-refractivity contribution in [1.29, 1.82) is 0 Å². The summed E-state index contributed by atoms with van der Waals surface area (Å²) in [6.07, 6.45) is 1.96. The highest BCUT2D eigenvalue weighted by Gasteiger charge is 2.35. The Balaban J connectivity index is 1.83. The Labute approximate surface area is 279 Å². The number of nitrogens with one attached hydrogen (secondary N) is 1. The standard InChI is InChI=1S/C38H45N3O5S/c1-6-7-23-39-38(43)35(25-31-11-9-8-10-12-31)40(26-32-18-13-28(2)14-19-32)37(42)27-41(34-24-30(4)17-22-36(34)46-5)47(44,45)33-20-15-29(3)16-21-33/h8-22,24,35H,6-7,23,25-27H2,1-5H3,(H,39,43)/t35-/m1/s1. The van der Waals surface area contributed by atoms with E-state index < -0.39 is 28.5 Å². The quantitative estimate of drug-likeness (QED) is 0.150. The summed E-state index contributed by atoms with van der Waals surface area (Å²) in [5.41, 5.74) is 4.71. The Morgan fingerprint density at radius 1 is 0.809 bits per heavy atom. The molecule has 8 nitrogen and oxygen atoms in total. The van der Waals surface area contributed by atoms with Crippen molar-refractivity contribution in [3.63, 3.8) is 0 Å². The molecule has 0 fully saturated rings. The first-order chi connectivity index (χ1) is 22.5. The lowest BCUT2D eigenvalue weighted by atomic mass is 10.0. The largest absolute Gasteiger partial charge is 0.495 e. The molecule has 4 aromatic carbocycles. The van der Waals surface area contributed by atoms with E-state index >= 15 is 0 Å². The van der Waals surface area contributed by atoms with Crippen LogP contribution in [-0.4, -0.2) is 51.4 Å². The molecular formula is C38H45N3O5S. The smallest absolute Gasteiger partial charge is 0.264 e. The Bertz CT molecular complexity index is 1740. The van der Waals surface area contributed by atoms with Crippen molar-refractivity contribution in [1.82, 2.24) is 10.2 Å². The van der Waals surface area contributed by atoms with Gasteiger partial charge in [0.05, 0.1) is 17.7 Å². The highest BCUT2D eigenvalue weighted by Crippen LogP contribution is 2.34. The second-order valence-electron chi connectivity index (χ2n) is 11.9. The van der Waals surface area contributed by atoms with Crippen LogP contribution < -0.4 is 14.4 Å². The van der Waals surface area contributed by atoms with Crippen molar-refractivity contribution in [2.45, 2.75) is 64.4 Å². The summed E-state index contributed by atoms with van der Waals surface area (Å²) in [4.78, 5) is 30.1. The highest BCUT2D eigenvalue weighted by atomic mass is 32.2. The van der Waals surface area contributed by atoms with Gasteiger partial charge in [-0.2, -0.15) is 0 Å². The monoisotopic (exact) mass is 655 g/mol. The molecule has 1 atom stereocenters. The summed E-state index contributed by atoms with van der Waals surface area (Å²) in [5, 5.41) is 3.02. The van der Waals surface area contributed by atoms with Crippen LogP contribution in [0.1, 0.15) is 47.6 Å². The maximum Gasteiger partial charge on any atom is 0.264 e. The molecule has 47 heavy (non-hydrogen) atoms. The third kappa shape index (κ3) is 9.23. The Morgan fingerprint density at radius 3 is 2.04 bits per heavy atom. The highest BCUT2D eigenvalue weighted by molar-refractivity contribution is 7.92. The first kappa shape index (κ1) is 35.2. The number of methoxy groups -OCH3 is 1. The fourth-order valence-electron chi connectivity index (χ4n) is 5.30. The minimum atomic E-state index is -4.24. The number of ether oxygens (including phenoxy) is 1. The molecule has 0 saturated heterocycles. The number of carbonyl (C=O) groups excluding carboxylic acids is 2. The van der Waals surface area contributed by atoms with Gasteiger partial charge >= 0.3 is 0 Å². The maximum atomic E-state index is 14.7. The first-order valence-corrected chi connectivity index (χ1v) is 17.4. The van der Waals surface area contributed by atoms with Gasteiger partial charge < -0.3 is 15.0 Å². The topological polar surface area (TPSA) is 96.0 Å². The first-order valence-electron chi connectivity index (χ1n) is 15.9. The van der Waals surface area contributed by atoms with Gasteiger partial charge in [-0.25, -0.2) is 8.42 Å². The molecule has 0 heterocycles. The SMILES string of the molecule is CCCCNC(=O)[C@@H](Cc1ccccc1)N(Cc1ccc(C)cc1)C(=O)CN(c1cc(C)ccc1OC)S(=O)(=O)c1ccc(C)cc1. The fourth-order valence-corrected chi connectivity index (χ4v) is 6.71. The van der Waals surface area contributed by atoms with Crippen molar-refractivity contribution in [3.8, 4) is 5.75 Å². The van der Waals surface area contributed by atoms with Gasteiger partial charge in [0.25, 0.3) is 10.0 Å². The van der Waals surface area contributed by atoms with Gasteiger partial charge in [-0.05, 0) is 68.1 Å². The van der Waals surface area contributed by atoms with Crippen LogP contribution in [0, 0.1) is 20.8 Å². The molecule has 4 rings (SSSR count). The molecule has 0 unspecified atom stereocenters. The number of benzene rings is 4. The van der Waals surface area contributed by atoms with E-state index in [1.165, 1.54) is 24.1 Å². The Morgan fingerprint density at radius 2 is 1.43 bits per heavy atom. The second-order valence-corrected chi connectivity index (χ2v) is 13.7. The van der Waals surface area contributed by atoms with Crippen molar-refractivity contribution in [3.05, 3.63) is 125 Å². The molecule has 0 spiro atoms. The lowest BCUT2D eigenvalue weighted by Crippen LogP contribution is -2.53. The molecule has 0 radical (unpaired) electrons. The number of sulfonamides is 1. The van der Waals surface area contributed by atoms with E-state index in [1.807, 2.05) is 88.4 Å². The van der Waals surface area contributed by atoms with Gasteiger partial charge in [0.2, 0.25) is 11.8 Å². The van der Waals surface area contributed by atoms with Crippen molar-refractivity contribution in [2.24, 2.45) is 0 Å². The van der Waals surface area contributed by atoms with Crippen LogP contribution >= 0.6 is 0 Å². The zero-order chi connectivity index (χ0) is 34.0. The minimum absolute atomic E-state index is 0.0442. The lowest BCUT2D eigenvalue weighted by molar-refractivity contribution is -0.140. The van der Waals surface area contributed by atoms with E-state index in [1.54, 1.807) is 24.3 Å². The third-order valence-electron chi connectivity index (χ3n) is 8.07. The van der Waals surface area contributed by atoms with Crippen LogP contribution in [0.15, 0.2) is 102 Å². The number of carbonyl (C=O) groups is 2. The van der Waals surface area contributed by atoms with Gasteiger partial charge in [0, 0.05) is 19.5 Å².